The molecule has 2 aromatic heterocycles. The van der Waals surface area contributed by atoms with Crippen molar-refractivity contribution in [3.63, 3.8) is 0 Å². The number of benzene rings is 11. The zero-order valence-corrected chi connectivity index (χ0v) is 35.4. The molecule has 0 bridgehead atoms. The molecule has 2 heterocycles. The number of nitrogens with zero attached hydrogens (tertiary/aromatic N) is 3. The van der Waals surface area contributed by atoms with E-state index in [0.29, 0.717) is 0 Å². The molecule has 302 valence electrons. The van der Waals surface area contributed by atoms with E-state index >= 15 is 0 Å². The van der Waals surface area contributed by atoms with E-state index in [1.165, 1.54) is 65.6 Å². The molecule has 0 radical (unpaired) electrons. The molecule has 13 aromatic rings. The number of fused-ring (bicyclic) bond motifs is 9. The topological polar surface area (TPSA) is 30.7 Å². The number of hydrogen-bond acceptors (Lipinski definition) is 2. The maximum atomic E-state index is 5.39. The Hall–Kier alpha value is -8.66. The first kappa shape index (κ1) is 36.9. The van der Waals surface area contributed by atoms with Gasteiger partial charge in [-0.2, -0.15) is 0 Å². The van der Waals surface area contributed by atoms with E-state index in [0.717, 1.165) is 61.1 Å². The lowest BCUT2D eigenvalue weighted by molar-refractivity contribution is 1.19. The Morgan fingerprint density at radius 1 is 0.277 bits per heavy atom. The molecule has 13 rings (SSSR count). The zero-order chi connectivity index (χ0) is 42.8. The maximum absolute atomic E-state index is 5.39. The van der Waals surface area contributed by atoms with E-state index in [4.69, 9.17) is 9.97 Å². The summed E-state index contributed by atoms with van der Waals surface area (Å²) in [6.45, 7) is 0. The van der Waals surface area contributed by atoms with Crippen LogP contribution >= 0.6 is 0 Å². The van der Waals surface area contributed by atoms with Crippen LogP contribution in [0, 0.1) is 0 Å². The highest BCUT2D eigenvalue weighted by Crippen LogP contribution is 2.42. The average molecular weight is 826 g/mol. The maximum Gasteiger partial charge on any atom is 0.0979 e. The van der Waals surface area contributed by atoms with E-state index in [1.807, 2.05) is 12.1 Å². The number of hydrogen-bond donors (Lipinski definition) is 0. The van der Waals surface area contributed by atoms with Gasteiger partial charge in [0.2, 0.25) is 0 Å². The molecule has 0 saturated heterocycles. The molecule has 3 heteroatoms. The van der Waals surface area contributed by atoms with Gasteiger partial charge in [0.05, 0.1) is 33.5 Å². The van der Waals surface area contributed by atoms with Gasteiger partial charge in [-0.3, -0.25) is 0 Å². The largest absolute Gasteiger partial charge is 0.309 e. The van der Waals surface area contributed by atoms with Crippen LogP contribution in [0.2, 0.25) is 0 Å². The van der Waals surface area contributed by atoms with Crippen LogP contribution in [0.3, 0.4) is 0 Å². The van der Waals surface area contributed by atoms with E-state index in [1.54, 1.807) is 0 Å². The summed E-state index contributed by atoms with van der Waals surface area (Å²) in [6, 6.07) is 85.2. The lowest BCUT2D eigenvalue weighted by Gasteiger charge is -2.15. The van der Waals surface area contributed by atoms with Crippen molar-refractivity contribution in [1.29, 1.82) is 0 Å². The third-order valence-electron chi connectivity index (χ3n) is 13.1. The molecule has 0 amide bonds. The van der Waals surface area contributed by atoms with Crippen molar-refractivity contribution in [2.75, 3.05) is 0 Å². The van der Waals surface area contributed by atoms with Crippen molar-refractivity contribution >= 4 is 65.2 Å². The summed E-state index contributed by atoms with van der Waals surface area (Å²) in [5.41, 5.74) is 16.1. The summed E-state index contributed by atoms with van der Waals surface area (Å²) in [7, 11) is 0. The number of rotatable bonds is 6. The minimum atomic E-state index is 0.857. The fourth-order valence-electron chi connectivity index (χ4n) is 10.0. The third kappa shape index (κ3) is 6.20. The highest BCUT2D eigenvalue weighted by atomic mass is 15.0. The average Bonchev–Trinajstić information content (AvgIpc) is 3.74. The standard InChI is InChI=1S/C62H39N3/c1-3-14-40(15-4-1)47-36-48(41-16-5-2-6-17-41)38-49(37-47)42-26-28-45(29-27-42)61-62(64-56-25-12-11-24-55(56)63-61)54-23-13-20-46-39-50(32-33-51(46)54)65-57-34-30-43-18-7-9-21-52(43)59(57)60-53-22-10-8-19-44(53)31-35-58(60)65/h1-39H. The van der Waals surface area contributed by atoms with Crippen LogP contribution in [0.15, 0.2) is 237 Å². The minimum absolute atomic E-state index is 0.857. The molecule has 3 nitrogen and oxygen atoms in total. The molecule has 0 unspecified atom stereocenters. The molecule has 11 aromatic carbocycles. The third-order valence-corrected chi connectivity index (χ3v) is 13.1. The number of para-hydroxylation sites is 2. The fraction of sp³-hybridized carbons (Fsp3) is 0. The molecule has 0 fully saturated rings. The minimum Gasteiger partial charge on any atom is -0.309 e. The smallest absolute Gasteiger partial charge is 0.0979 e. The Labute approximate surface area is 376 Å². The summed E-state index contributed by atoms with van der Waals surface area (Å²) in [5.74, 6) is 0. The molecule has 0 spiro atoms. The second-order valence-electron chi connectivity index (χ2n) is 16.9. The van der Waals surface area contributed by atoms with Gasteiger partial charge in [-0.05, 0) is 120 Å². The van der Waals surface area contributed by atoms with Crippen LogP contribution in [0.5, 0.6) is 0 Å². The zero-order valence-electron chi connectivity index (χ0n) is 35.4. The fourth-order valence-corrected chi connectivity index (χ4v) is 10.0. The van der Waals surface area contributed by atoms with E-state index in [2.05, 4.69) is 229 Å². The normalized spacial score (nSPS) is 11.7. The predicted octanol–water partition coefficient (Wildman–Crippen LogP) is 16.5. The molecule has 0 atom stereocenters. The van der Waals surface area contributed by atoms with Crippen LogP contribution in [-0.2, 0) is 0 Å². The Morgan fingerprint density at radius 2 is 0.754 bits per heavy atom. The van der Waals surface area contributed by atoms with Crippen molar-refractivity contribution in [2.45, 2.75) is 0 Å². The quantitative estimate of drug-likeness (QED) is 0.167. The Morgan fingerprint density at radius 3 is 1.34 bits per heavy atom. The lowest BCUT2D eigenvalue weighted by Crippen LogP contribution is -1.97. The highest BCUT2D eigenvalue weighted by Gasteiger charge is 2.20. The summed E-state index contributed by atoms with van der Waals surface area (Å²) in [6.07, 6.45) is 0. The highest BCUT2D eigenvalue weighted by molar-refractivity contribution is 6.28. The van der Waals surface area contributed by atoms with Gasteiger partial charge in [0.25, 0.3) is 0 Å². The predicted molar refractivity (Wildman–Crippen MR) is 274 cm³/mol. The van der Waals surface area contributed by atoms with Crippen LogP contribution < -0.4 is 0 Å². The summed E-state index contributed by atoms with van der Waals surface area (Å²) >= 11 is 0. The van der Waals surface area contributed by atoms with Crippen LogP contribution in [0.4, 0.5) is 0 Å². The molecule has 65 heavy (non-hydrogen) atoms. The summed E-state index contributed by atoms with van der Waals surface area (Å²) < 4.78 is 2.44. The van der Waals surface area contributed by atoms with Gasteiger partial charge < -0.3 is 4.57 Å². The second kappa shape index (κ2) is 15.0. The Bertz CT molecular complexity index is 3830. The molecular weight excluding hydrogens is 787 g/mol. The molecule has 0 aliphatic rings. The Balaban J connectivity index is 0.955. The molecular formula is C62H39N3. The van der Waals surface area contributed by atoms with Crippen LogP contribution in [0.25, 0.3) is 127 Å². The molecule has 0 aliphatic heterocycles. The van der Waals surface area contributed by atoms with Crippen LogP contribution in [0.1, 0.15) is 0 Å². The van der Waals surface area contributed by atoms with Crippen molar-refractivity contribution < 1.29 is 0 Å². The van der Waals surface area contributed by atoms with Crippen molar-refractivity contribution in [1.82, 2.24) is 14.5 Å². The lowest BCUT2D eigenvalue weighted by atomic mass is 9.92. The van der Waals surface area contributed by atoms with Gasteiger partial charge in [-0.15, -0.1) is 0 Å². The monoisotopic (exact) mass is 825 g/mol. The van der Waals surface area contributed by atoms with Gasteiger partial charge in [-0.25, -0.2) is 9.97 Å². The molecule has 0 saturated carbocycles. The Kier molecular flexibility index (Phi) is 8.53. The first-order chi connectivity index (χ1) is 32.2. The van der Waals surface area contributed by atoms with Crippen molar-refractivity contribution in [3.8, 4) is 61.6 Å². The van der Waals surface area contributed by atoms with Crippen LogP contribution in [-0.4, -0.2) is 14.5 Å². The van der Waals surface area contributed by atoms with E-state index in [-0.39, 0.29) is 0 Å². The van der Waals surface area contributed by atoms with Gasteiger partial charge >= 0.3 is 0 Å². The van der Waals surface area contributed by atoms with Gasteiger partial charge in [0.1, 0.15) is 0 Å². The van der Waals surface area contributed by atoms with Crippen molar-refractivity contribution in [2.24, 2.45) is 0 Å². The van der Waals surface area contributed by atoms with Gasteiger partial charge in [0, 0.05) is 27.6 Å². The van der Waals surface area contributed by atoms with E-state index in [9.17, 15) is 0 Å². The number of aromatic nitrogens is 3. The summed E-state index contributed by atoms with van der Waals surface area (Å²) in [5, 5.41) is 9.85. The molecule has 0 aliphatic carbocycles. The van der Waals surface area contributed by atoms with E-state index < -0.39 is 0 Å². The van der Waals surface area contributed by atoms with Gasteiger partial charge in [-0.1, -0.05) is 182 Å². The summed E-state index contributed by atoms with van der Waals surface area (Å²) in [4.78, 5) is 10.7. The van der Waals surface area contributed by atoms with Gasteiger partial charge in [0.15, 0.2) is 0 Å². The SMILES string of the molecule is c1ccc(-c2cc(-c3ccccc3)cc(-c3ccc(-c4nc5ccccc5nc4-c4cccc5cc(-n6c7ccc8ccccc8c7c7c8ccccc8ccc76)ccc45)cc3)c2)cc1. The first-order valence-electron chi connectivity index (χ1n) is 22.2. The van der Waals surface area contributed by atoms with Crippen molar-refractivity contribution in [3.05, 3.63) is 237 Å². The second-order valence-corrected chi connectivity index (χ2v) is 16.9. The first-order valence-corrected chi connectivity index (χ1v) is 22.2. The molecule has 0 N–H and O–H groups in total.